The van der Waals surface area contributed by atoms with Gasteiger partial charge in [0.25, 0.3) is 0 Å². The van der Waals surface area contributed by atoms with E-state index in [0.717, 1.165) is 33.9 Å². The molecule has 10 aromatic rings. The molecule has 2 nitrogen and oxygen atoms in total. The largest absolute Gasteiger partial charge is 0.355 e. The van der Waals surface area contributed by atoms with Crippen molar-refractivity contribution in [3.8, 4) is 44.5 Å². The van der Waals surface area contributed by atoms with Crippen LogP contribution in [-0.2, 0) is 5.41 Å². The molecule has 0 aliphatic heterocycles. The van der Waals surface area contributed by atoms with Crippen LogP contribution in [0.3, 0.4) is 0 Å². The molecule has 0 bridgehead atoms. The lowest BCUT2D eigenvalue weighted by molar-refractivity contribution is 0.660. The summed E-state index contributed by atoms with van der Waals surface area (Å²) in [5.41, 5.74) is 16.7. The van der Waals surface area contributed by atoms with Gasteiger partial charge in [-0.25, -0.2) is 0 Å². The standard InChI is InChI=1S/C57H42N2/c1-57(2)52-27-12-9-24-46(52)47-33-31-41(36-53(47)57)59-54-28-13-10-25-48(54)45-23-8-7-20-42(45)38-18-15-19-40(34-38)58-55-29-14-11-26-49(55)51-35-39-17-4-5-21-43(39)50-32-30-37-16-3-6-22-44(37)56(50)51/h3-36,58-59H,1-2H3. The lowest BCUT2D eigenvalue weighted by Crippen LogP contribution is -2.15. The smallest absolute Gasteiger partial charge is 0.0464 e. The number of anilines is 4. The van der Waals surface area contributed by atoms with Crippen molar-refractivity contribution in [3.05, 3.63) is 217 Å². The Labute approximate surface area is 345 Å². The molecule has 0 amide bonds. The highest BCUT2D eigenvalue weighted by Gasteiger charge is 2.35. The molecular weight excluding hydrogens is 713 g/mol. The lowest BCUT2D eigenvalue weighted by atomic mass is 9.82. The Morgan fingerprint density at radius 2 is 0.898 bits per heavy atom. The van der Waals surface area contributed by atoms with Gasteiger partial charge in [0.15, 0.2) is 0 Å². The van der Waals surface area contributed by atoms with E-state index in [-0.39, 0.29) is 5.41 Å². The summed E-state index contributed by atoms with van der Waals surface area (Å²) < 4.78 is 0. The highest BCUT2D eigenvalue weighted by atomic mass is 14.9. The van der Waals surface area contributed by atoms with Crippen LogP contribution in [0.15, 0.2) is 206 Å². The molecule has 0 spiro atoms. The predicted molar refractivity (Wildman–Crippen MR) is 252 cm³/mol. The second-order valence-corrected chi connectivity index (χ2v) is 16.3. The average molecular weight is 755 g/mol. The van der Waals surface area contributed by atoms with Crippen molar-refractivity contribution in [1.82, 2.24) is 0 Å². The maximum Gasteiger partial charge on any atom is 0.0464 e. The SMILES string of the molecule is CC1(C)c2ccccc2-c2ccc(Nc3ccccc3-c3ccccc3-c3cccc(Nc4ccccc4-c4cc5ccccc5c5ccc6ccccc6c45)c3)cc21. The fourth-order valence-corrected chi connectivity index (χ4v) is 9.58. The van der Waals surface area contributed by atoms with E-state index in [1.54, 1.807) is 0 Å². The molecule has 1 aliphatic rings. The molecule has 59 heavy (non-hydrogen) atoms. The maximum atomic E-state index is 3.87. The van der Waals surface area contributed by atoms with E-state index in [9.17, 15) is 0 Å². The summed E-state index contributed by atoms with van der Waals surface area (Å²) >= 11 is 0. The van der Waals surface area contributed by atoms with E-state index >= 15 is 0 Å². The van der Waals surface area contributed by atoms with Gasteiger partial charge in [0.05, 0.1) is 0 Å². The number of hydrogen-bond donors (Lipinski definition) is 2. The molecule has 0 heterocycles. The zero-order chi connectivity index (χ0) is 39.5. The summed E-state index contributed by atoms with van der Waals surface area (Å²) in [7, 11) is 0. The molecule has 0 saturated carbocycles. The Balaban J connectivity index is 0.959. The molecule has 11 rings (SSSR count). The molecular formula is C57H42N2. The second-order valence-electron chi connectivity index (χ2n) is 16.3. The van der Waals surface area contributed by atoms with Gasteiger partial charge in [0.2, 0.25) is 0 Å². The third-order valence-electron chi connectivity index (χ3n) is 12.4. The fourth-order valence-electron chi connectivity index (χ4n) is 9.58. The number of hydrogen-bond acceptors (Lipinski definition) is 2. The number of benzene rings is 10. The van der Waals surface area contributed by atoms with Crippen LogP contribution in [0.25, 0.3) is 76.8 Å². The van der Waals surface area contributed by atoms with Crippen LogP contribution in [-0.4, -0.2) is 0 Å². The first kappa shape index (κ1) is 34.8. The number of para-hydroxylation sites is 2. The predicted octanol–water partition coefficient (Wildman–Crippen LogP) is 15.9. The quantitative estimate of drug-likeness (QED) is 0.158. The van der Waals surface area contributed by atoms with Gasteiger partial charge in [-0.2, -0.15) is 0 Å². The topological polar surface area (TPSA) is 24.1 Å². The van der Waals surface area contributed by atoms with E-state index in [1.807, 2.05) is 0 Å². The van der Waals surface area contributed by atoms with Gasteiger partial charge in [-0.3, -0.25) is 0 Å². The Kier molecular flexibility index (Phi) is 8.20. The molecule has 0 unspecified atom stereocenters. The third-order valence-corrected chi connectivity index (χ3v) is 12.4. The Morgan fingerprint density at radius 1 is 0.322 bits per heavy atom. The lowest BCUT2D eigenvalue weighted by Gasteiger charge is -2.22. The van der Waals surface area contributed by atoms with Crippen molar-refractivity contribution in [3.63, 3.8) is 0 Å². The molecule has 2 heteroatoms. The minimum atomic E-state index is -0.0626. The van der Waals surface area contributed by atoms with Crippen molar-refractivity contribution in [2.75, 3.05) is 10.6 Å². The number of rotatable bonds is 7. The zero-order valence-corrected chi connectivity index (χ0v) is 33.1. The molecule has 1 aliphatic carbocycles. The Morgan fingerprint density at radius 3 is 1.68 bits per heavy atom. The van der Waals surface area contributed by atoms with Crippen LogP contribution in [0.5, 0.6) is 0 Å². The van der Waals surface area contributed by atoms with Crippen LogP contribution in [0.1, 0.15) is 25.0 Å². The van der Waals surface area contributed by atoms with E-state index in [4.69, 9.17) is 0 Å². The van der Waals surface area contributed by atoms with Gasteiger partial charge in [-0.05, 0) is 119 Å². The van der Waals surface area contributed by atoms with Crippen molar-refractivity contribution < 1.29 is 0 Å². The van der Waals surface area contributed by atoms with Gasteiger partial charge in [0.1, 0.15) is 0 Å². The van der Waals surface area contributed by atoms with Crippen LogP contribution >= 0.6 is 0 Å². The summed E-state index contributed by atoms with van der Waals surface area (Å²) in [6.07, 6.45) is 0. The monoisotopic (exact) mass is 754 g/mol. The highest BCUT2D eigenvalue weighted by molar-refractivity contribution is 6.23. The zero-order valence-electron chi connectivity index (χ0n) is 33.1. The number of fused-ring (bicyclic) bond motifs is 8. The minimum Gasteiger partial charge on any atom is -0.355 e. The average Bonchev–Trinajstić information content (AvgIpc) is 3.51. The molecule has 2 N–H and O–H groups in total. The third kappa shape index (κ3) is 5.87. The van der Waals surface area contributed by atoms with Gasteiger partial charge >= 0.3 is 0 Å². The van der Waals surface area contributed by atoms with Crippen molar-refractivity contribution in [2.24, 2.45) is 0 Å². The van der Waals surface area contributed by atoms with Gasteiger partial charge in [0, 0.05) is 39.3 Å². The minimum absolute atomic E-state index is 0.0626. The molecule has 0 radical (unpaired) electrons. The van der Waals surface area contributed by atoms with E-state index in [0.29, 0.717) is 0 Å². The van der Waals surface area contributed by atoms with Gasteiger partial charge < -0.3 is 10.6 Å². The summed E-state index contributed by atoms with van der Waals surface area (Å²) in [6, 6.07) is 75.0. The Hall–Kier alpha value is -7.42. The molecule has 0 atom stereocenters. The number of nitrogens with one attached hydrogen (secondary N) is 2. The maximum absolute atomic E-state index is 3.87. The van der Waals surface area contributed by atoms with Gasteiger partial charge in [-0.1, -0.05) is 178 Å². The molecule has 0 aromatic heterocycles. The summed E-state index contributed by atoms with van der Waals surface area (Å²) in [4.78, 5) is 0. The highest BCUT2D eigenvalue weighted by Crippen LogP contribution is 2.50. The normalized spacial score (nSPS) is 12.7. The second kappa shape index (κ2) is 13.9. The summed E-state index contributed by atoms with van der Waals surface area (Å²) in [5.74, 6) is 0. The molecule has 0 saturated heterocycles. The van der Waals surface area contributed by atoms with Crippen molar-refractivity contribution in [1.29, 1.82) is 0 Å². The molecule has 280 valence electrons. The van der Waals surface area contributed by atoms with Gasteiger partial charge in [-0.15, -0.1) is 0 Å². The van der Waals surface area contributed by atoms with E-state index in [2.05, 4.69) is 231 Å². The molecule has 0 fully saturated rings. The van der Waals surface area contributed by atoms with E-state index < -0.39 is 0 Å². The molecule has 10 aromatic carbocycles. The first-order chi connectivity index (χ1) is 29.0. The van der Waals surface area contributed by atoms with E-state index in [1.165, 1.54) is 76.8 Å². The summed E-state index contributed by atoms with van der Waals surface area (Å²) in [6.45, 7) is 4.67. The fraction of sp³-hybridized carbons (Fsp3) is 0.0526. The van der Waals surface area contributed by atoms with Crippen LogP contribution in [0.2, 0.25) is 0 Å². The van der Waals surface area contributed by atoms with Crippen LogP contribution in [0, 0.1) is 0 Å². The van der Waals surface area contributed by atoms with Crippen LogP contribution < -0.4 is 10.6 Å². The first-order valence-corrected chi connectivity index (χ1v) is 20.5. The first-order valence-electron chi connectivity index (χ1n) is 20.5. The van der Waals surface area contributed by atoms with Crippen molar-refractivity contribution >= 4 is 55.1 Å². The van der Waals surface area contributed by atoms with Crippen LogP contribution in [0.4, 0.5) is 22.7 Å². The summed E-state index contributed by atoms with van der Waals surface area (Å²) in [5, 5.41) is 15.3. The van der Waals surface area contributed by atoms with Crippen molar-refractivity contribution in [2.45, 2.75) is 19.3 Å². The Bertz CT molecular complexity index is 3260.